The van der Waals surface area contributed by atoms with Gasteiger partial charge in [0.2, 0.25) is 5.43 Å². The Hall–Kier alpha value is -2.70. The van der Waals surface area contributed by atoms with Crippen LogP contribution in [0.25, 0.3) is 22.3 Å². The highest BCUT2D eigenvalue weighted by atomic mass is 19.1. The quantitative estimate of drug-likeness (QED) is 0.722. The first-order chi connectivity index (χ1) is 12.3. The third-order valence-corrected chi connectivity index (χ3v) is 4.41. The molecule has 26 heavy (non-hydrogen) atoms. The van der Waals surface area contributed by atoms with Gasteiger partial charge in [0.1, 0.15) is 17.3 Å². The second-order valence-electron chi connectivity index (χ2n) is 6.70. The normalized spacial score (nSPS) is 11.6. The molecule has 1 aromatic carbocycles. The van der Waals surface area contributed by atoms with Crippen LogP contribution in [0.2, 0.25) is 0 Å². The highest BCUT2D eigenvalue weighted by Gasteiger charge is 2.23. The molecule has 138 valence electrons. The number of aromatic hydroxyl groups is 1. The first-order valence-corrected chi connectivity index (χ1v) is 8.64. The summed E-state index contributed by atoms with van der Waals surface area (Å²) < 4.78 is 30.0. The Morgan fingerprint density at radius 3 is 2.50 bits per heavy atom. The van der Waals surface area contributed by atoms with Crippen molar-refractivity contribution in [1.29, 1.82) is 0 Å². The SMILES string of the molecule is CCc1nn(CCC(C)C)c2[nH]c(-c3c(F)cccc3F)c(O)c(=O)c12. The first kappa shape index (κ1) is 18.1. The second-order valence-corrected chi connectivity index (χ2v) is 6.70. The van der Waals surface area contributed by atoms with E-state index in [4.69, 9.17) is 0 Å². The molecule has 2 heterocycles. The molecule has 0 aliphatic heterocycles. The fourth-order valence-electron chi connectivity index (χ4n) is 2.99. The van der Waals surface area contributed by atoms with Crippen molar-refractivity contribution in [2.24, 2.45) is 5.92 Å². The van der Waals surface area contributed by atoms with Crippen molar-refractivity contribution >= 4 is 11.0 Å². The van der Waals surface area contributed by atoms with E-state index in [1.165, 1.54) is 6.07 Å². The Morgan fingerprint density at radius 1 is 1.27 bits per heavy atom. The molecule has 0 aliphatic carbocycles. The number of benzene rings is 1. The van der Waals surface area contributed by atoms with Gasteiger partial charge in [0.25, 0.3) is 0 Å². The second kappa shape index (κ2) is 6.90. The highest BCUT2D eigenvalue weighted by molar-refractivity contribution is 5.84. The van der Waals surface area contributed by atoms with Crippen LogP contribution in [0, 0.1) is 17.6 Å². The molecule has 0 bridgehead atoms. The third-order valence-electron chi connectivity index (χ3n) is 4.41. The van der Waals surface area contributed by atoms with Gasteiger partial charge in [-0.15, -0.1) is 0 Å². The van der Waals surface area contributed by atoms with Crippen LogP contribution < -0.4 is 5.43 Å². The van der Waals surface area contributed by atoms with Gasteiger partial charge in [-0.3, -0.25) is 4.79 Å². The van der Waals surface area contributed by atoms with Crippen LogP contribution in [0.1, 0.15) is 32.9 Å². The van der Waals surface area contributed by atoms with Crippen LogP contribution >= 0.6 is 0 Å². The van der Waals surface area contributed by atoms with Gasteiger partial charge in [0.05, 0.1) is 22.3 Å². The van der Waals surface area contributed by atoms with Gasteiger partial charge in [-0.25, -0.2) is 13.5 Å². The molecule has 5 nitrogen and oxygen atoms in total. The maximum absolute atomic E-state index is 14.2. The van der Waals surface area contributed by atoms with E-state index in [0.717, 1.165) is 18.6 Å². The summed E-state index contributed by atoms with van der Waals surface area (Å²) in [6.45, 7) is 6.55. The van der Waals surface area contributed by atoms with Gasteiger partial charge < -0.3 is 10.1 Å². The number of nitrogens with zero attached hydrogens (tertiary/aromatic N) is 2. The monoisotopic (exact) mass is 361 g/mol. The Morgan fingerprint density at radius 2 is 1.92 bits per heavy atom. The lowest BCUT2D eigenvalue weighted by molar-refractivity contribution is 0.468. The number of aromatic amines is 1. The molecule has 0 unspecified atom stereocenters. The van der Waals surface area contributed by atoms with E-state index in [9.17, 15) is 18.7 Å². The van der Waals surface area contributed by atoms with Crippen LogP contribution in [0.5, 0.6) is 5.75 Å². The van der Waals surface area contributed by atoms with Crippen molar-refractivity contribution < 1.29 is 13.9 Å². The van der Waals surface area contributed by atoms with Crippen molar-refractivity contribution in [2.75, 3.05) is 0 Å². The number of nitrogens with one attached hydrogen (secondary N) is 1. The molecule has 0 aliphatic rings. The molecule has 0 fully saturated rings. The number of aryl methyl sites for hydroxylation is 2. The average Bonchev–Trinajstić information content (AvgIpc) is 2.95. The molecule has 0 saturated carbocycles. The van der Waals surface area contributed by atoms with E-state index in [-0.39, 0.29) is 11.1 Å². The van der Waals surface area contributed by atoms with E-state index >= 15 is 0 Å². The minimum absolute atomic E-state index is 0.259. The number of fused-ring (bicyclic) bond motifs is 1. The van der Waals surface area contributed by atoms with E-state index in [1.54, 1.807) is 4.68 Å². The van der Waals surface area contributed by atoms with Gasteiger partial charge in [-0.2, -0.15) is 5.10 Å². The van der Waals surface area contributed by atoms with E-state index in [0.29, 0.717) is 30.2 Å². The molecule has 2 aromatic heterocycles. The maximum Gasteiger partial charge on any atom is 0.235 e. The minimum Gasteiger partial charge on any atom is -0.503 e. The maximum atomic E-state index is 14.2. The lowest BCUT2D eigenvalue weighted by atomic mass is 10.1. The van der Waals surface area contributed by atoms with Gasteiger partial charge in [-0.05, 0) is 30.9 Å². The molecule has 0 saturated heterocycles. The molecular weight excluding hydrogens is 340 g/mol. The van der Waals surface area contributed by atoms with Crippen LogP contribution in [-0.4, -0.2) is 19.9 Å². The highest BCUT2D eigenvalue weighted by Crippen LogP contribution is 2.31. The Kier molecular flexibility index (Phi) is 4.80. The minimum atomic E-state index is -0.862. The summed E-state index contributed by atoms with van der Waals surface area (Å²) in [7, 11) is 0. The Labute approximate surface area is 149 Å². The number of hydrogen-bond donors (Lipinski definition) is 2. The zero-order valence-corrected chi connectivity index (χ0v) is 14.9. The predicted molar refractivity (Wildman–Crippen MR) is 96.2 cm³/mol. The number of aromatic nitrogens is 3. The number of pyridine rings is 1. The lowest BCUT2D eigenvalue weighted by Crippen LogP contribution is -2.09. The summed E-state index contributed by atoms with van der Waals surface area (Å²) in [4.78, 5) is 15.6. The smallest absolute Gasteiger partial charge is 0.235 e. The van der Waals surface area contributed by atoms with Crippen molar-refractivity contribution in [3.8, 4) is 17.0 Å². The zero-order chi connectivity index (χ0) is 19.0. The molecule has 2 N–H and O–H groups in total. The van der Waals surface area contributed by atoms with Gasteiger partial charge in [-0.1, -0.05) is 26.8 Å². The number of H-pyrrole nitrogens is 1. The standard InChI is InChI=1S/C19H21F2N3O2/c1-4-13-15-17(25)18(26)16(14-11(20)6-5-7-12(14)21)22-19(15)24(23-13)9-8-10(2)3/h5-7,10,26H,4,8-9H2,1-3H3,(H,22,25). The lowest BCUT2D eigenvalue weighted by Gasteiger charge is -2.10. The summed E-state index contributed by atoms with van der Waals surface area (Å²) in [5.74, 6) is -2.01. The molecule has 0 spiro atoms. The summed E-state index contributed by atoms with van der Waals surface area (Å²) in [5.41, 5.74) is -0.502. The Balaban J connectivity index is 2.31. The van der Waals surface area contributed by atoms with Gasteiger partial charge in [0, 0.05) is 6.54 Å². The Bertz CT molecular complexity index is 1000. The topological polar surface area (TPSA) is 70.9 Å². The van der Waals surface area contributed by atoms with Crippen LogP contribution in [-0.2, 0) is 13.0 Å². The van der Waals surface area contributed by atoms with Gasteiger partial charge in [0.15, 0.2) is 5.75 Å². The van der Waals surface area contributed by atoms with Crippen LogP contribution in [0.15, 0.2) is 23.0 Å². The fourth-order valence-corrected chi connectivity index (χ4v) is 2.99. The number of hydrogen-bond acceptors (Lipinski definition) is 3. The third kappa shape index (κ3) is 2.98. The molecule has 7 heteroatoms. The van der Waals surface area contributed by atoms with Crippen molar-refractivity contribution in [1.82, 2.24) is 14.8 Å². The molecule has 0 atom stereocenters. The van der Waals surface area contributed by atoms with Gasteiger partial charge >= 0.3 is 0 Å². The van der Waals surface area contributed by atoms with Crippen LogP contribution in [0.3, 0.4) is 0 Å². The molecule has 0 radical (unpaired) electrons. The van der Waals surface area contributed by atoms with Crippen molar-refractivity contribution in [2.45, 2.75) is 40.2 Å². The molecule has 0 amide bonds. The van der Waals surface area contributed by atoms with Crippen LogP contribution in [0.4, 0.5) is 8.78 Å². The van der Waals surface area contributed by atoms with E-state index in [1.807, 2.05) is 6.92 Å². The average molecular weight is 361 g/mol. The summed E-state index contributed by atoms with van der Waals surface area (Å²) in [6, 6.07) is 3.38. The summed E-state index contributed by atoms with van der Waals surface area (Å²) >= 11 is 0. The largest absolute Gasteiger partial charge is 0.503 e. The first-order valence-electron chi connectivity index (χ1n) is 8.64. The molecule has 3 aromatic rings. The number of halogens is 2. The summed E-state index contributed by atoms with van der Waals surface area (Å²) in [5, 5.41) is 15.0. The van der Waals surface area contributed by atoms with Crippen molar-refractivity contribution in [3.63, 3.8) is 0 Å². The fraction of sp³-hybridized carbons (Fsp3) is 0.368. The molecular formula is C19H21F2N3O2. The molecule has 3 rings (SSSR count). The van der Waals surface area contributed by atoms with E-state index < -0.39 is 28.4 Å². The number of rotatable bonds is 5. The van der Waals surface area contributed by atoms with E-state index in [2.05, 4.69) is 23.9 Å². The predicted octanol–water partition coefficient (Wildman–Crippen LogP) is 3.98. The zero-order valence-electron chi connectivity index (χ0n) is 14.9. The summed E-state index contributed by atoms with van der Waals surface area (Å²) in [6.07, 6.45) is 1.33. The van der Waals surface area contributed by atoms with Crippen molar-refractivity contribution in [3.05, 3.63) is 45.8 Å².